The highest BCUT2D eigenvalue weighted by molar-refractivity contribution is 14.0. The van der Waals surface area contributed by atoms with Crippen LogP contribution in [0.4, 0.5) is 0 Å². The van der Waals surface area contributed by atoms with E-state index in [0.29, 0.717) is 19.8 Å². The van der Waals surface area contributed by atoms with Gasteiger partial charge in [-0.2, -0.15) is 0 Å². The molecule has 0 saturated heterocycles. The lowest BCUT2D eigenvalue weighted by molar-refractivity contribution is -0.132. The number of rotatable bonds is 7. The number of guanidine groups is 1. The van der Waals surface area contributed by atoms with Crippen LogP contribution >= 0.6 is 24.0 Å². The van der Waals surface area contributed by atoms with Crippen LogP contribution in [0.2, 0.25) is 0 Å². The maximum Gasteiger partial charge on any atom is 0.231 e. The average Bonchev–Trinajstić information content (AvgIpc) is 3.28. The Morgan fingerprint density at radius 3 is 2.69 bits per heavy atom. The molecule has 2 aromatic carbocycles. The fourth-order valence-corrected chi connectivity index (χ4v) is 3.96. The van der Waals surface area contributed by atoms with E-state index in [9.17, 15) is 4.79 Å². The Morgan fingerprint density at radius 2 is 1.84 bits per heavy atom. The van der Waals surface area contributed by atoms with E-state index in [4.69, 9.17) is 9.47 Å². The zero-order chi connectivity index (χ0) is 21.5. The molecular weight excluding hydrogens is 519 g/mol. The number of carbonyl (C=O) groups is 1. The summed E-state index contributed by atoms with van der Waals surface area (Å²) >= 11 is 0. The van der Waals surface area contributed by atoms with Crippen LogP contribution in [0.1, 0.15) is 29.5 Å². The minimum Gasteiger partial charge on any atom is -0.454 e. The summed E-state index contributed by atoms with van der Waals surface area (Å²) < 4.78 is 10.8. The lowest BCUT2D eigenvalue weighted by atomic mass is 9.99. The first-order chi connectivity index (χ1) is 15.2. The van der Waals surface area contributed by atoms with Crippen LogP contribution in [-0.4, -0.2) is 50.2 Å². The number of amides is 1. The van der Waals surface area contributed by atoms with E-state index in [2.05, 4.69) is 39.9 Å². The summed E-state index contributed by atoms with van der Waals surface area (Å²) in [6.45, 7) is 3.30. The molecule has 0 bridgehead atoms. The van der Waals surface area contributed by atoms with Crippen molar-refractivity contribution in [3.8, 4) is 11.5 Å². The van der Waals surface area contributed by atoms with Gasteiger partial charge >= 0.3 is 0 Å². The minimum absolute atomic E-state index is 0. The molecule has 0 aromatic heterocycles. The Bertz CT molecular complexity index is 951. The number of carbonyl (C=O) groups excluding carboxylic acids is 1. The molecule has 0 unspecified atom stereocenters. The molecule has 32 heavy (non-hydrogen) atoms. The van der Waals surface area contributed by atoms with E-state index in [0.717, 1.165) is 56.4 Å². The van der Waals surface area contributed by atoms with Gasteiger partial charge in [0.2, 0.25) is 12.7 Å². The topological polar surface area (TPSA) is 75.2 Å². The zero-order valence-electron chi connectivity index (χ0n) is 18.4. The summed E-state index contributed by atoms with van der Waals surface area (Å²) in [7, 11) is 1.76. The average molecular weight is 550 g/mol. The predicted molar refractivity (Wildman–Crippen MR) is 136 cm³/mol. The summed E-state index contributed by atoms with van der Waals surface area (Å²) in [5.74, 6) is 2.58. The van der Waals surface area contributed by atoms with Gasteiger partial charge in [-0.05, 0) is 48.1 Å². The number of aliphatic imine (C=N–C) groups is 1. The third-order valence-corrected chi connectivity index (χ3v) is 5.71. The molecule has 0 fully saturated rings. The maximum atomic E-state index is 12.6. The second-order valence-electron chi connectivity index (χ2n) is 7.80. The second-order valence-corrected chi connectivity index (χ2v) is 7.80. The lowest BCUT2D eigenvalue weighted by Crippen LogP contribution is -2.39. The van der Waals surface area contributed by atoms with Crippen molar-refractivity contribution in [2.45, 2.75) is 32.2 Å². The highest BCUT2D eigenvalue weighted by atomic mass is 127. The molecule has 0 spiro atoms. The quantitative estimate of drug-likeness (QED) is 0.240. The molecule has 2 aromatic rings. The molecule has 0 atom stereocenters. The number of halogens is 1. The van der Waals surface area contributed by atoms with Gasteiger partial charge in [-0.15, -0.1) is 24.0 Å². The van der Waals surface area contributed by atoms with Crippen molar-refractivity contribution < 1.29 is 14.3 Å². The van der Waals surface area contributed by atoms with Gasteiger partial charge in [0.15, 0.2) is 17.5 Å². The highest BCUT2D eigenvalue weighted by Crippen LogP contribution is 2.32. The van der Waals surface area contributed by atoms with Crippen LogP contribution < -0.4 is 20.1 Å². The van der Waals surface area contributed by atoms with Crippen molar-refractivity contribution in [1.29, 1.82) is 0 Å². The van der Waals surface area contributed by atoms with Gasteiger partial charge in [0.25, 0.3) is 0 Å². The van der Waals surface area contributed by atoms with Crippen LogP contribution in [0, 0.1) is 0 Å². The number of hydrogen-bond acceptors (Lipinski definition) is 4. The summed E-state index contributed by atoms with van der Waals surface area (Å²) in [6.07, 6.45) is 3.12. The van der Waals surface area contributed by atoms with Gasteiger partial charge in [-0.3, -0.25) is 9.79 Å². The van der Waals surface area contributed by atoms with Crippen molar-refractivity contribution in [2.75, 3.05) is 33.5 Å². The largest absolute Gasteiger partial charge is 0.454 e. The van der Waals surface area contributed by atoms with Crippen molar-refractivity contribution in [3.05, 3.63) is 59.2 Å². The SMILES string of the molecule is CN=C(NCCCC(=O)N1CCc2ccccc2C1)NCCc1ccc2c(c1)OCO2.I. The van der Waals surface area contributed by atoms with Crippen molar-refractivity contribution in [1.82, 2.24) is 15.5 Å². The molecule has 7 nitrogen and oxygen atoms in total. The van der Waals surface area contributed by atoms with Crippen LogP contribution in [0.5, 0.6) is 11.5 Å². The second kappa shape index (κ2) is 11.9. The molecule has 2 heterocycles. The van der Waals surface area contributed by atoms with Crippen molar-refractivity contribution >= 4 is 35.8 Å². The monoisotopic (exact) mass is 550 g/mol. The first-order valence-electron chi connectivity index (χ1n) is 10.9. The molecule has 0 radical (unpaired) electrons. The minimum atomic E-state index is 0. The van der Waals surface area contributed by atoms with E-state index in [1.165, 1.54) is 16.7 Å². The molecule has 0 aliphatic carbocycles. The Labute approximate surface area is 206 Å². The Kier molecular flexibility index (Phi) is 9.01. The first-order valence-corrected chi connectivity index (χ1v) is 10.9. The summed E-state index contributed by atoms with van der Waals surface area (Å²) in [4.78, 5) is 18.8. The molecule has 8 heteroatoms. The molecule has 172 valence electrons. The molecule has 2 aliphatic rings. The molecule has 0 saturated carbocycles. The Balaban J connectivity index is 0.00000289. The lowest BCUT2D eigenvalue weighted by Gasteiger charge is -2.29. The number of benzene rings is 2. The van der Waals surface area contributed by atoms with Crippen molar-refractivity contribution in [2.24, 2.45) is 4.99 Å². The normalized spacial score (nSPS) is 14.4. The van der Waals surface area contributed by atoms with Gasteiger partial charge < -0.3 is 25.0 Å². The van der Waals surface area contributed by atoms with E-state index in [1.54, 1.807) is 7.05 Å². The van der Waals surface area contributed by atoms with Crippen LogP contribution in [-0.2, 0) is 24.2 Å². The first kappa shape index (κ1) is 24.2. The smallest absolute Gasteiger partial charge is 0.231 e. The number of nitrogens with zero attached hydrogens (tertiary/aromatic N) is 2. The molecule has 4 rings (SSSR count). The summed E-state index contributed by atoms with van der Waals surface area (Å²) in [6, 6.07) is 14.4. The number of hydrogen-bond donors (Lipinski definition) is 2. The van der Waals surface area contributed by atoms with Gasteiger partial charge in [0, 0.05) is 39.6 Å². The predicted octanol–water partition coefficient (Wildman–Crippen LogP) is 3.11. The standard InChI is InChI=1S/C24H30N4O3.HI/c1-25-24(27-13-10-18-8-9-21-22(15-18)31-17-30-21)26-12-4-7-23(29)28-14-11-19-5-2-3-6-20(19)16-28;/h2-3,5-6,8-9,15H,4,7,10-14,16-17H2,1H3,(H2,25,26,27);1H. The maximum absolute atomic E-state index is 12.6. The van der Waals surface area contributed by atoms with Crippen LogP contribution in [0.3, 0.4) is 0 Å². The van der Waals surface area contributed by atoms with Crippen LogP contribution in [0.15, 0.2) is 47.5 Å². The molecule has 2 N–H and O–H groups in total. The van der Waals surface area contributed by atoms with Crippen LogP contribution in [0.25, 0.3) is 0 Å². The fourth-order valence-electron chi connectivity index (χ4n) is 3.96. The number of ether oxygens (including phenoxy) is 2. The third-order valence-electron chi connectivity index (χ3n) is 5.71. The third kappa shape index (κ3) is 6.27. The number of nitrogens with one attached hydrogen (secondary N) is 2. The van der Waals surface area contributed by atoms with E-state index >= 15 is 0 Å². The molecular formula is C24H31IN4O3. The van der Waals surface area contributed by atoms with E-state index in [-0.39, 0.29) is 29.9 Å². The fraction of sp³-hybridized carbons (Fsp3) is 0.417. The Morgan fingerprint density at radius 1 is 1.06 bits per heavy atom. The van der Waals surface area contributed by atoms with Gasteiger partial charge in [0.05, 0.1) is 0 Å². The number of fused-ring (bicyclic) bond motifs is 2. The van der Waals surface area contributed by atoms with E-state index < -0.39 is 0 Å². The summed E-state index contributed by atoms with van der Waals surface area (Å²) in [5, 5.41) is 6.61. The molecule has 2 aliphatic heterocycles. The van der Waals surface area contributed by atoms with Gasteiger partial charge in [-0.25, -0.2) is 0 Å². The summed E-state index contributed by atoms with van der Waals surface area (Å²) in [5.41, 5.74) is 3.82. The zero-order valence-corrected chi connectivity index (χ0v) is 20.8. The Hall–Kier alpha value is -2.49. The van der Waals surface area contributed by atoms with Gasteiger partial charge in [0.1, 0.15) is 0 Å². The van der Waals surface area contributed by atoms with Crippen molar-refractivity contribution in [3.63, 3.8) is 0 Å². The molecule has 1 amide bonds. The van der Waals surface area contributed by atoms with Gasteiger partial charge in [-0.1, -0.05) is 30.3 Å². The van der Waals surface area contributed by atoms with E-state index in [1.807, 2.05) is 23.1 Å². The highest BCUT2D eigenvalue weighted by Gasteiger charge is 2.19.